The van der Waals surface area contributed by atoms with Gasteiger partial charge in [-0.1, -0.05) is 12.8 Å². The number of nitrogens with two attached hydrogens (primary N) is 1. The SMILES string of the molecule is NCC1CCCCC1NCCCOCc1ccco1. The fourth-order valence-corrected chi connectivity index (χ4v) is 2.79. The van der Waals surface area contributed by atoms with E-state index >= 15 is 0 Å². The molecule has 0 spiro atoms. The second kappa shape index (κ2) is 8.35. The van der Waals surface area contributed by atoms with Crippen LogP contribution in [0.4, 0.5) is 0 Å². The minimum absolute atomic E-state index is 0.571. The van der Waals surface area contributed by atoms with E-state index in [1.807, 2.05) is 12.1 Å². The number of hydrogen-bond donors (Lipinski definition) is 2. The molecule has 0 bridgehead atoms. The van der Waals surface area contributed by atoms with Crippen molar-refractivity contribution in [2.75, 3.05) is 19.7 Å². The lowest BCUT2D eigenvalue weighted by molar-refractivity contribution is 0.102. The summed E-state index contributed by atoms with van der Waals surface area (Å²) in [5, 5.41) is 3.63. The van der Waals surface area contributed by atoms with Gasteiger partial charge in [0.15, 0.2) is 0 Å². The Labute approximate surface area is 115 Å². The molecule has 108 valence electrons. The molecule has 0 amide bonds. The van der Waals surface area contributed by atoms with Crippen molar-refractivity contribution in [1.82, 2.24) is 5.32 Å². The molecule has 4 heteroatoms. The summed E-state index contributed by atoms with van der Waals surface area (Å²) < 4.78 is 10.8. The predicted molar refractivity (Wildman–Crippen MR) is 75.8 cm³/mol. The van der Waals surface area contributed by atoms with E-state index in [9.17, 15) is 0 Å². The van der Waals surface area contributed by atoms with Crippen molar-refractivity contribution in [3.05, 3.63) is 24.2 Å². The molecule has 1 fully saturated rings. The Balaban J connectivity index is 1.51. The Morgan fingerprint density at radius 2 is 2.26 bits per heavy atom. The van der Waals surface area contributed by atoms with Gasteiger partial charge in [0.25, 0.3) is 0 Å². The van der Waals surface area contributed by atoms with Crippen molar-refractivity contribution in [2.24, 2.45) is 11.7 Å². The molecule has 1 aliphatic carbocycles. The van der Waals surface area contributed by atoms with Crippen molar-refractivity contribution < 1.29 is 9.15 Å². The van der Waals surface area contributed by atoms with Gasteiger partial charge in [-0.25, -0.2) is 0 Å². The van der Waals surface area contributed by atoms with E-state index in [1.54, 1.807) is 6.26 Å². The minimum Gasteiger partial charge on any atom is -0.467 e. The van der Waals surface area contributed by atoms with Crippen molar-refractivity contribution in [2.45, 2.75) is 44.8 Å². The molecule has 0 aliphatic heterocycles. The maximum absolute atomic E-state index is 5.82. The number of nitrogens with one attached hydrogen (secondary N) is 1. The predicted octanol–water partition coefficient (Wildman–Crippen LogP) is 2.29. The standard InChI is InChI=1S/C15H26N2O2/c16-11-13-5-1-2-7-15(13)17-8-4-9-18-12-14-6-3-10-19-14/h3,6,10,13,15,17H,1-2,4-5,7-9,11-12,16H2. The zero-order valence-electron chi connectivity index (χ0n) is 11.6. The second-order valence-corrected chi connectivity index (χ2v) is 5.33. The largest absolute Gasteiger partial charge is 0.467 e. The van der Waals surface area contributed by atoms with E-state index in [0.29, 0.717) is 18.6 Å². The topological polar surface area (TPSA) is 60.4 Å². The zero-order chi connectivity index (χ0) is 13.3. The molecule has 1 aromatic rings. The molecule has 4 nitrogen and oxygen atoms in total. The van der Waals surface area contributed by atoms with Crippen LogP contribution >= 0.6 is 0 Å². The molecule has 1 aliphatic rings. The number of hydrogen-bond acceptors (Lipinski definition) is 4. The van der Waals surface area contributed by atoms with E-state index < -0.39 is 0 Å². The van der Waals surface area contributed by atoms with Gasteiger partial charge in [0, 0.05) is 12.6 Å². The molecule has 2 unspecified atom stereocenters. The monoisotopic (exact) mass is 266 g/mol. The van der Waals surface area contributed by atoms with Crippen LogP contribution < -0.4 is 11.1 Å². The third kappa shape index (κ3) is 4.97. The fourth-order valence-electron chi connectivity index (χ4n) is 2.79. The van der Waals surface area contributed by atoms with E-state index in [1.165, 1.54) is 25.7 Å². The highest BCUT2D eigenvalue weighted by molar-refractivity contribution is 4.95. The van der Waals surface area contributed by atoms with Crippen LogP contribution in [0, 0.1) is 5.92 Å². The Morgan fingerprint density at radius 3 is 3.05 bits per heavy atom. The third-order valence-electron chi connectivity index (χ3n) is 3.91. The van der Waals surface area contributed by atoms with Crippen LogP contribution in [0.3, 0.4) is 0 Å². The number of rotatable bonds is 8. The van der Waals surface area contributed by atoms with E-state index in [2.05, 4.69) is 5.32 Å². The van der Waals surface area contributed by atoms with Gasteiger partial charge in [-0.05, 0) is 50.4 Å². The normalized spacial score (nSPS) is 23.6. The summed E-state index contributed by atoms with van der Waals surface area (Å²) in [7, 11) is 0. The molecule has 2 atom stereocenters. The summed E-state index contributed by atoms with van der Waals surface area (Å²) in [5.41, 5.74) is 5.82. The molecule has 0 aromatic carbocycles. The van der Waals surface area contributed by atoms with Gasteiger partial charge in [-0.2, -0.15) is 0 Å². The molecule has 1 aromatic heterocycles. The van der Waals surface area contributed by atoms with Gasteiger partial charge in [0.05, 0.1) is 6.26 Å². The van der Waals surface area contributed by atoms with E-state index in [-0.39, 0.29) is 0 Å². The minimum atomic E-state index is 0.571. The van der Waals surface area contributed by atoms with Gasteiger partial charge in [0.2, 0.25) is 0 Å². The number of furan rings is 1. The van der Waals surface area contributed by atoms with Crippen LogP contribution in [0.25, 0.3) is 0 Å². The zero-order valence-corrected chi connectivity index (χ0v) is 11.6. The molecule has 1 heterocycles. The molecule has 1 saturated carbocycles. The van der Waals surface area contributed by atoms with Crippen LogP contribution in [0.5, 0.6) is 0 Å². The van der Waals surface area contributed by atoms with Crippen molar-refractivity contribution in [3.63, 3.8) is 0 Å². The summed E-state index contributed by atoms with van der Waals surface area (Å²) in [6.07, 6.45) is 7.94. The first kappa shape index (κ1) is 14.6. The first-order valence-electron chi connectivity index (χ1n) is 7.43. The number of ether oxygens (including phenoxy) is 1. The van der Waals surface area contributed by atoms with Crippen LogP contribution in [-0.2, 0) is 11.3 Å². The molecule has 19 heavy (non-hydrogen) atoms. The van der Waals surface area contributed by atoms with Crippen molar-refractivity contribution in [1.29, 1.82) is 0 Å². The fraction of sp³-hybridized carbons (Fsp3) is 0.733. The quantitative estimate of drug-likeness (QED) is 0.709. The van der Waals surface area contributed by atoms with Gasteiger partial charge in [0.1, 0.15) is 12.4 Å². The molecule has 0 radical (unpaired) electrons. The first-order valence-corrected chi connectivity index (χ1v) is 7.43. The van der Waals surface area contributed by atoms with Gasteiger partial charge in [-0.3, -0.25) is 0 Å². The average Bonchev–Trinajstić information content (AvgIpc) is 2.96. The van der Waals surface area contributed by atoms with Crippen LogP contribution in [0.15, 0.2) is 22.8 Å². The molecule has 3 N–H and O–H groups in total. The first-order chi connectivity index (χ1) is 9.40. The van der Waals surface area contributed by atoms with Gasteiger partial charge >= 0.3 is 0 Å². The van der Waals surface area contributed by atoms with E-state index in [0.717, 1.165) is 31.9 Å². The molecular formula is C15H26N2O2. The van der Waals surface area contributed by atoms with Crippen molar-refractivity contribution in [3.8, 4) is 0 Å². The summed E-state index contributed by atoms with van der Waals surface area (Å²) in [5.74, 6) is 1.56. The highest BCUT2D eigenvalue weighted by atomic mass is 16.5. The summed E-state index contributed by atoms with van der Waals surface area (Å²) in [6.45, 7) is 3.17. The van der Waals surface area contributed by atoms with Gasteiger partial charge in [-0.15, -0.1) is 0 Å². The smallest absolute Gasteiger partial charge is 0.129 e. The highest BCUT2D eigenvalue weighted by Gasteiger charge is 2.22. The Morgan fingerprint density at radius 1 is 1.37 bits per heavy atom. The maximum atomic E-state index is 5.82. The van der Waals surface area contributed by atoms with Crippen LogP contribution in [0.1, 0.15) is 37.9 Å². The van der Waals surface area contributed by atoms with Crippen molar-refractivity contribution >= 4 is 0 Å². The molecule has 0 saturated heterocycles. The molecular weight excluding hydrogens is 240 g/mol. The summed E-state index contributed by atoms with van der Waals surface area (Å²) >= 11 is 0. The lowest BCUT2D eigenvalue weighted by Gasteiger charge is -2.31. The summed E-state index contributed by atoms with van der Waals surface area (Å²) in [6, 6.07) is 4.44. The van der Waals surface area contributed by atoms with E-state index in [4.69, 9.17) is 14.9 Å². The van der Waals surface area contributed by atoms with Gasteiger partial charge < -0.3 is 20.2 Å². The van der Waals surface area contributed by atoms with Crippen LogP contribution in [-0.4, -0.2) is 25.7 Å². The Bertz CT molecular complexity index is 327. The molecule has 2 rings (SSSR count). The lowest BCUT2D eigenvalue weighted by atomic mass is 9.84. The Hall–Kier alpha value is -0.840. The average molecular weight is 266 g/mol. The maximum Gasteiger partial charge on any atom is 0.129 e. The highest BCUT2D eigenvalue weighted by Crippen LogP contribution is 2.23. The second-order valence-electron chi connectivity index (χ2n) is 5.33. The summed E-state index contributed by atoms with van der Waals surface area (Å²) in [4.78, 5) is 0. The Kier molecular flexibility index (Phi) is 6.41. The lowest BCUT2D eigenvalue weighted by Crippen LogP contribution is -2.42. The third-order valence-corrected chi connectivity index (χ3v) is 3.91. The van der Waals surface area contributed by atoms with Crippen LogP contribution in [0.2, 0.25) is 0 Å².